The Morgan fingerprint density at radius 3 is 2.57 bits per heavy atom. The van der Waals surface area contributed by atoms with E-state index in [4.69, 9.17) is 4.74 Å². The van der Waals surface area contributed by atoms with Crippen LogP contribution in [0.25, 0.3) is 0 Å². The molecule has 0 saturated carbocycles. The van der Waals surface area contributed by atoms with Gasteiger partial charge >= 0.3 is 5.97 Å². The van der Waals surface area contributed by atoms with E-state index in [2.05, 4.69) is 4.74 Å². The third kappa shape index (κ3) is 5.10. The molecule has 0 spiro atoms. The van der Waals surface area contributed by atoms with Gasteiger partial charge in [0.25, 0.3) is 0 Å². The molecule has 0 aliphatic rings. The van der Waals surface area contributed by atoms with Crippen LogP contribution in [-0.4, -0.2) is 43.6 Å². The number of aryl methyl sites for hydroxylation is 1. The fourth-order valence-corrected chi connectivity index (χ4v) is 1.88. The van der Waals surface area contributed by atoms with E-state index in [1.165, 1.54) is 12.0 Å². The van der Waals surface area contributed by atoms with Crippen LogP contribution < -0.4 is 4.74 Å². The lowest BCUT2D eigenvalue weighted by Crippen LogP contribution is -2.36. The molecule has 0 heterocycles. The highest BCUT2D eigenvalue weighted by molar-refractivity contribution is 5.82. The van der Waals surface area contributed by atoms with Crippen LogP contribution in [0.1, 0.15) is 24.5 Å². The standard InChI is InChI=1S/C16H23NO4/c1-5-17(11-16(19)20-4)15(18)9-10-21-14-8-6-7-12(2)13(14)3/h6-8H,5,9-11H2,1-4H3. The molecular formula is C16H23NO4. The maximum atomic E-state index is 12.0. The Hall–Kier alpha value is -2.04. The maximum absolute atomic E-state index is 12.0. The number of hydrogen-bond acceptors (Lipinski definition) is 4. The number of benzene rings is 1. The van der Waals surface area contributed by atoms with Gasteiger partial charge < -0.3 is 14.4 Å². The lowest BCUT2D eigenvalue weighted by molar-refractivity contribution is -0.147. The first-order chi connectivity index (χ1) is 9.99. The lowest BCUT2D eigenvalue weighted by Gasteiger charge is -2.19. The minimum Gasteiger partial charge on any atom is -0.493 e. The van der Waals surface area contributed by atoms with Crippen molar-refractivity contribution in [3.05, 3.63) is 29.3 Å². The largest absolute Gasteiger partial charge is 0.493 e. The molecule has 0 aliphatic heterocycles. The number of hydrogen-bond donors (Lipinski definition) is 0. The molecule has 0 bridgehead atoms. The fraction of sp³-hybridized carbons (Fsp3) is 0.500. The van der Waals surface area contributed by atoms with Gasteiger partial charge in [0.1, 0.15) is 12.3 Å². The number of methoxy groups -OCH3 is 1. The van der Waals surface area contributed by atoms with Crippen molar-refractivity contribution in [2.45, 2.75) is 27.2 Å². The molecule has 0 atom stereocenters. The van der Waals surface area contributed by atoms with Crippen molar-refractivity contribution < 1.29 is 19.1 Å². The first-order valence-electron chi connectivity index (χ1n) is 7.03. The molecule has 21 heavy (non-hydrogen) atoms. The number of ether oxygens (including phenoxy) is 2. The lowest BCUT2D eigenvalue weighted by atomic mass is 10.1. The first-order valence-corrected chi connectivity index (χ1v) is 7.03. The minimum atomic E-state index is -0.416. The summed E-state index contributed by atoms with van der Waals surface area (Å²) >= 11 is 0. The zero-order valence-corrected chi connectivity index (χ0v) is 13.1. The molecule has 1 rings (SSSR count). The van der Waals surface area contributed by atoms with Crippen LogP contribution in [0.4, 0.5) is 0 Å². The van der Waals surface area contributed by atoms with Crippen LogP contribution in [0.5, 0.6) is 5.75 Å². The Bertz CT molecular complexity index is 499. The summed E-state index contributed by atoms with van der Waals surface area (Å²) in [4.78, 5) is 24.7. The van der Waals surface area contributed by atoms with E-state index >= 15 is 0 Å². The molecule has 0 N–H and O–H groups in total. The Balaban J connectivity index is 2.48. The Kier molecular flexibility index (Phi) is 6.72. The molecule has 0 fully saturated rings. The Labute approximate surface area is 125 Å². The molecule has 0 radical (unpaired) electrons. The van der Waals surface area contributed by atoms with Crippen molar-refractivity contribution in [1.29, 1.82) is 0 Å². The number of esters is 1. The maximum Gasteiger partial charge on any atom is 0.325 e. The molecular weight excluding hydrogens is 270 g/mol. The molecule has 1 amide bonds. The number of likely N-dealkylation sites (N-methyl/N-ethyl adjacent to an activating group) is 1. The van der Waals surface area contributed by atoms with Crippen molar-refractivity contribution in [1.82, 2.24) is 4.90 Å². The molecule has 1 aromatic carbocycles. The van der Waals surface area contributed by atoms with Gasteiger partial charge in [0.2, 0.25) is 5.91 Å². The van der Waals surface area contributed by atoms with Crippen LogP contribution in [-0.2, 0) is 14.3 Å². The van der Waals surface area contributed by atoms with E-state index in [-0.39, 0.29) is 18.9 Å². The number of carbonyl (C=O) groups excluding carboxylic acids is 2. The van der Waals surface area contributed by atoms with Crippen LogP contribution in [0.2, 0.25) is 0 Å². The van der Waals surface area contributed by atoms with Crippen molar-refractivity contribution >= 4 is 11.9 Å². The van der Waals surface area contributed by atoms with Crippen molar-refractivity contribution in [3.8, 4) is 5.75 Å². The van der Waals surface area contributed by atoms with Crippen molar-refractivity contribution in [2.75, 3.05) is 26.8 Å². The number of carbonyl (C=O) groups is 2. The number of nitrogens with zero attached hydrogens (tertiary/aromatic N) is 1. The molecule has 0 aliphatic carbocycles. The summed E-state index contributed by atoms with van der Waals surface area (Å²) in [5.74, 6) is 0.257. The van der Waals surface area contributed by atoms with E-state index < -0.39 is 5.97 Å². The molecule has 0 aromatic heterocycles. The summed E-state index contributed by atoms with van der Waals surface area (Å²) in [6.07, 6.45) is 0.234. The SMILES string of the molecule is CCN(CC(=O)OC)C(=O)CCOc1cccc(C)c1C. The van der Waals surface area contributed by atoms with Crippen molar-refractivity contribution in [3.63, 3.8) is 0 Å². The van der Waals surface area contributed by atoms with Crippen LogP contribution in [0.3, 0.4) is 0 Å². The monoisotopic (exact) mass is 293 g/mol. The van der Waals surface area contributed by atoms with Gasteiger partial charge in [-0.1, -0.05) is 12.1 Å². The number of rotatable bonds is 7. The van der Waals surface area contributed by atoms with Gasteiger partial charge in [-0.05, 0) is 38.0 Å². The van der Waals surface area contributed by atoms with E-state index in [0.717, 1.165) is 16.9 Å². The van der Waals surface area contributed by atoms with Crippen LogP contribution in [0.15, 0.2) is 18.2 Å². The zero-order chi connectivity index (χ0) is 15.8. The average molecular weight is 293 g/mol. The van der Waals surface area contributed by atoms with E-state index in [9.17, 15) is 9.59 Å². The Morgan fingerprint density at radius 2 is 1.95 bits per heavy atom. The summed E-state index contributed by atoms with van der Waals surface area (Å²) < 4.78 is 10.2. The molecule has 0 saturated heterocycles. The molecule has 5 nitrogen and oxygen atoms in total. The van der Waals surface area contributed by atoms with Gasteiger partial charge in [-0.15, -0.1) is 0 Å². The highest BCUT2D eigenvalue weighted by Crippen LogP contribution is 2.20. The minimum absolute atomic E-state index is 0.0185. The van der Waals surface area contributed by atoms with Gasteiger partial charge in [0.15, 0.2) is 0 Å². The summed E-state index contributed by atoms with van der Waals surface area (Å²) in [5, 5.41) is 0. The van der Waals surface area contributed by atoms with Crippen molar-refractivity contribution in [2.24, 2.45) is 0 Å². The fourth-order valence-electron chi connectivity index (χ4n) is 1.88. The number of amides is 1. The summed E-state index contributed by atoms with van der Waals surface area (Å²) in [6.45, 7) is 6.57. The predicted molar refractivity (Wildman–Crippen MR) is 80.3 cm³/mol. The zero-order valence-electron chi connectivity index (χ0n) is 13.1. The second-order valence-corrected chi connectivity index (χ2v) is 4.78. The van der Waals surface area contributed by atoms with Gasteiger partial charge in [-0.25, -0.2) is 0 Å². The normalized spacial score (nSPS) is 10.1. The second-order valence-electron chi connectivity index (χ2n) is 4.78. The highest BCUT2D eigenvalue weighted by Gasteiger charge is 2.15. The average Bonchev–Trinajstić information content (AvgIpc) is 2.48. The summed E-state index contributed by atoms with van der Waals surface area (Å²) in [6, 6.07) is 5.83. The third-order valence-electron chi connectivity index (χ3n) is 3.41. The van der Waals surface area contributed by atoms with Gasteiger partial charge in [-0.2, -0.15) is 0 Å². The predicted octanol–water partition coefficient (Wildman–Crippen LogP) is 2.09. The molecule has 116 valence electrons. The van der Waals surface area contributed by atoms with Gasteiger partial charge in [-0.3, -0.25) is 9.59 Å². The third-order valence-corrected chi connectivity index (χ3v) is 3.41. The van der Waals surface area contributed by atoms with Crippen LogP contribution in [0, 0.1) is 13.8 Å². The Morgan fingerprint density at radius 1 is 1.24 bits per heavy atom. The van der Waals surface area contributed by atoms with Crippen LogP contribution >= 0.6 is 0 Å². The molecule has 1 aromatic rings. The summed E-state index contributed by atoms with van der Waals surface area (Å²) in [7, 11) is 1.31. The van der Waals surface area contributed by atoms with E-state index in [0.29, 0.717) is 13.2 Å². The first kappa shape index (κ1) is 17.0. The second kappa shape index (κ2) is 8.29. The summed E-state index contributed by atoms with van der Waals surface area (Å²) in [5.41, 5.74) is 2.23. The van der Waals surface area contributed by atoms with E-state index in [1.54, 1.807) is 0 Å². The van der Waals surface area contributed by atoms with E-state index in [1.807, 2.05) is 39.0 Å². The quantitative estimate of drug-likeness (QED) is 0.722. The van der Waals surface area contributed by atoms with Gasteiger partial charge in [0.05, 0.1) is 20.1 Å². The molecule has 5 heteroatoms. The highest BCUT2D eigenvalue weighted by atomic mass is 16.5. The topological polar surface area (TPSA) is 55.8 Å². The molecule has 0 unspecified atom stereocenters. The smallest absolute Gasteiger partial charge is 0.325 e. The van der Waals surface area contributed by atoms with Gasteiger partial charge in [0, 0.05) is 6.54 Å².